The Morgan fingerprint density at radius 1 is 0.679 bits per heavy atom. The zero-order valence-corrected chi connectivity index (χ0v) is 17.5. The van der Waals surface area contributed by atoms with Crippen LogP contribution in [0.2, 0.25) is 0 Å². The zero-order valence-electron chi connectivity index (χ0n) is 17.5. The third-order valence-corrected chi connectivity index (χ3v) is 5.10. The van der Waals surface area contributed by atoms with E-state index in [0.29, 0.717) is 6.54 Å². The molecule has 28 heavy (non-hydrogen) atoms. The van der Waals surface area contributed by atoms with Crippen LogP contribution in [0.25, 0.3) is 0 Å². The zero-order chi connectivity index (χ0) is 20.2. The first-order valence-corrected chi connectivity index (χ1v) is 11.3. The van der Waals surface area contributed by atoms with Gasteiger partial charge in [-0.1, -0.05) is 103 Å². The summed E-state index contributed by atoms with van der Waals surface area (Å²) in [6.07, 6.45) is 20.5. The van der Waals surface area contributed by atoms with Crippen molar-refractivity contribution in [1.29, 1.82) is 0 Å². The van der Waals surface area contributed by atoms with Crippen LogP contribution < -0.4 is 5.32 Å². The Morgan fingerprint density at radius 2 is 1.04 bits per heavy atom. The van der Waals surface area contributed by atoms with Crippen LogP contribution in [0.4, 0.5) is 0 Å². The van der Waals surface area contributed by atoms with Crippen LogP contribution in [0, 0.1) is 0 Å². The molecule has 0 aliphatic carbocycles. The molecule has 164 valence electrons. The summed E-state index contributed by atoms with van der Waals surface area (Å²) in [6.45, 7) is 2.83. The van der Waals surface area contributed by atoms with Gasteiger partial charge in [0.05, 0.1) is 6.42 Å². The molecule has 0 aromatic carbocycles. The summed E-state index contributed by atoms with van der Waals surface area (Å²) in [5.74, 6) is -2.17. The van der Waals surface area contributed by atoms with E-state index in [1.165, 1.54) is 89.9 Å². The molecule has 0 radical (unpaired) electrons. The van der Waals surface area contributed by atoms with Gasteiger partial charge in [0, 0.05) is 0 Å². The summed E-state index contributed by atoms with van der Waals surface area (Å²) in [7, 11) is 0. The quantitative estimate of drug-likeness (QED) is 0.148. The van der Waals surface area contributed by atoms with Gasteiger partial charge in [0.25, 0.3) is 0 Å². The van der Waals surface area contributed by atoms with Gasteiger partial charge in [-0.05, 0) is 13.0 Å². The van der Waals surface area contributed by atoms with Crippen LogP contribution >= 0.6 is 0 Å². The molecule has 6 heteroatoms. The van der Waals surface area contributed by atoms with Gasteiger partial charge in [0.2, 0.25) is 0 Å². The molecule has 0 spiro atoms. The van der Waals surface area contributed by atoms with E-state index in [-0.39, 0.29) is 55.3 Å². The van der Waals surface area contributed by atoms with Crippen molar-refractivity contribution in [2.75, 3.05) is 6.54 Å². The van der Waals surface area contributed by atoms with Crippen molar-refractivity contribution >= 4 is 60.8 Å². The number of carboxylic acid groups (broad SMARTS) is 2. The van der Waals surface area contributed by atoms with Crippen LogP contribution in [-0.4, -0.2) is 83.6 Å². The van der Waals surface area contributed by atoms with Gasteiger partial charge < -0.3 is 15.5 Å². The summed E-state index contributed by atoms with van der Waals surface area (Å²) in [4.78, 5) is 21.5. The Bertz CT molecular complexity index is 366. The molecular formula is C22H45BaNO4. The Kier molecular flexibility index (Phi) is 26.0. The normalized spacial score (nSPS) is 11.8. The van der Waals surface area contributed by atoms with Crippen molar-refractivity contribution in [3.05, 3.63) is 0 Å². The van der Waals surface area contributed by atoms with E-state index in [1.54, 1.807) is 0 Å². The third kappa shape index (κ3) is 22.8. The van der Waals surface area contributed by atoms with Crippen LogP contribution in [0.1, 0.15) is 116 Å². The van der Waals surface area contributed by atoms with Gasteiger partial charge >= 0.3 is 60.8 Å². The second-order valence-electron chi connectivity index (χ2n) is 7.75. The summed E-state index contributed by atoms with van der Waals surface area (Å²) in [5, 5.41) is 20.4. The SMILES string of the molecule is CCCCCCCCCCCCCCCCCCNC(CC(=O)O)C(=O)O.[BaH2]. The number of nitrogens with one attached hydrogen (secondary N) is 1. The molecule has 1 unspecified atom stereocenters. The van der Waals surface area contributed by atoms with E-state index in [2.05, 4.69) is 12.2 Å². The maximum atomic E-state index is 10.9. The second-order valence-corrected chi connectivity index (χ2v) is 7.75. The van der Waals surface area contributed by atoms with E-state index in [1.807, 2.05) is 0 Å². The maximum absolute atomic E-state index is 10.9. The second kappa shape index (κ2) is 23.7. The van der Waals surface area contributed by atoms with Crippen molar-refractivity contribution in [1.82, 2.24) is 5.32 Å². The first kappa shape index (κ1) is 30.7. The first-order valence-electron chi connectivity index (χ1n) is 11.3. The third-order valence-electron chi connectivity index (χ3n) is 5.10. The Labute approximate surface area is 212 Å². The topological polar surface area (TPSA) is 86.6 Å². The van der Waals surface area contributed by atoms with E-state index in [9.17, 15) is 9.59 Å². The number of hydrogen-bond donors (Lipinski definition) is 3. The number of carbonyl (C=O) groups is 2. The van der Waals surface area contributed by atoms with Crippen molar-refractivity contribution in [3.8, 4) is 0 Å². The molecule has 0 fully saturated rings. The monoisotopic (exact) mass is 525 g/mol. The van der Waals surface area contributed by atoms with Crippen molar-refractivity contribution in [2.24, 2.45) is 0 Å². The summed E-state index contributed by atoms with van der Waals surface area (Å²) < 4.78 is 0. The summed E-state index contributed by atoms with van der Waals surface area (Å²) in [6, 6.07) is -0.973. The van der Waals surface area contributed by atoms with Crippen molar-refractivity contribution in [2.45, 2.75) is 122 Å². The molecule has 3 N–H and O–H groups in total. The van der Waals surface area contributed by atoms with Crippen molar-refractivity contribution < 1.29 is 19.8 Å². The van der Waals surface area contributed by atoms with Gasteiger partial charge in [-0.25, -0.2) is 0 Å². The molecule has 0 amide bonds. The molecule has 0 saturated heterocycles. The fourth-order valence-electron chi connectivity index (χ4n) is 3.37. The molecular weight excluding hydrogens is 480 g/mol. The van der Waals surface area contributed by atoms with Gasteiger partial charge in [-0.2, -0.15) is 0 Å². The van der Waals surface area contributed by atoms with E-state index >= 15 is 0 Å². The van der Waals surface area contributed by atoms with Crippen molar-refractivity contribution in [3.63, 3.8) is 0 Å². The Hall–Kier alpha value is 0.471. The minimum atomic E-state index is -1.09. The Morgan fingerprint density at radius 3 is 1.36 bits per heavy atom. The predicted octanol–water partition coefficient (Wildman–Crippen LogP) is 4.85. The summed E-state index contributed by atoms with van der Waals surface area (Å²) in [5.41, 5.74) is 0. The molecule has 0 aliphatic rings. The number of hydrogen-bond acceptors (Lipinski definition) is 3. The van der Waals surface area contributed by atoms with Gasteiger partial charge in [0.1, 0.15) is 6.04 Å². The number of rotatable bonds is 21. The number of unbranched alkanes of at least 4 members (excludes halogenated alkanes) is 15. The standard InChI is InChI=1S/C22H43NO4.Ba.2H/c1-2-3-4-5-6-7-8-9-10-11-12-13-14-15-16-17-18-23-20(22(26)27)19-21(24)25;;;/h20,23H,2-19H2,1H3,(H,24,25)(H,26,27);;;. The predicted molar refractivity (Wildman–Crippen MR) is 120 cm³/mol. The summed E-state index contributed by atoms with van der Waals surface area (Å²) >= 11 is 0. The van der Waals surface area contributed by atoms with Gasteiger partial charge in [0.15, 0.2) is 0 Å². The minimum absolute atomic E-state index is 0. The van der Waals surface area contributed by atoms with Gasteiger partial charge in [-0.15, -0.1) is 0 Å². The average Bonchev–Trinajstić information content (AvgIpc) is 2.62. The molecule has 5 nitrogen and oxygen atoms in total. The molecule has 0 saturated carbocycles. The van der Waals surface area contributed by atoms with Crippen LogP contribution in [0.3, 0.4) is 0 Å². The molecule has 0 aliphatic heterocycles. The molecule has 0 rings (SSSR count). The van der Waals surface area contributed by atoms with Gasteiger partial charge in [-0.3, -0.25) is 9.59 Å². The number of carboxylic acids is 2. The first-order chi connectivity index (χ1) is 13.1. The fourth-order valence-corrected chi connectivity index (χ4v) is 3.37. The average molecular weight is 525 g/mol. The molecule has 0 aromatic heterocycles. The van der Waals surface area contributed by atoms with E-state index < -0.39 is 18.0 Å². The van der Waals surface area contributed by atoms with E-state index in [0.717, 1.165) is 12.8 Å². The van der Waals surface area contributed by atoms with Crippen LogP contribution in [0.15, 0.2) is 0 Å². The molecule has 0 bridgehead atoms. The molecule has 0 aromatic rings. The number of aliphatic carboxylic acids is 2. The fraction of sp³-hybridized carbons (Fsp3) is 0.909. The van der Waals surface area contributed by atoms with Crippen LogP contribution in [0.5, 0.6) is 0 Å². The Balaban J connectivity index is 0. The molecule has 0 heterocycles. The van der Waals surface area contributed by atoms with Crippen LogP contribution in [-0.2, 0) is 9.59 Å². The van der Waals surface area contributed by atoms with E-state index in [4.69, 9.17) is 10.2 Å². The molecule has 1 atom stereocenters.